The van der Waals surface area contributed by atoms with Crippen LogP contribution < -0.4 is 16.7 Å². The van der Waals surface area contributed by atoms with Gasteiger partial charge >= 0.3 is 5.69 Å². The first-order valence-corrected chi connectivity index (χ1v) is 7.76. The van der Waals surface area contributed by atoms with Crippen LogP contribution in [0.3, 0.4) is 0 Å². The van der Waals surface area contributed by atoms with E-state index < -0.39 is 11.2 Å². The highest BCUT2D eigenvalue weighted by atomic mass is 16.2. The number of nitrogens with one attached hydrogen (secondary N) is 2. The number of anilines is 1. The van der Waals surface area contributed by atoms with E-state index in [-0.39, 0.29) is 0 Å². The Hall–Kier alpha value is -3.42. The van der Waals surface area contributed by atoms with E-state index >= 15 is 0 Å². The minimum absolute atomic E-state index is 0.302. The summed E-state index contributed by atoms with van der Waals surface area (Å²) < 4.78 is 2.98. The van der Waals surface area contributed by atoms with Gasteiger partial charge in [-0.15, -0.1) is 0 Å². The van der Waals surface area contributed by atoms with Crippen molar-refractivity contribution in [2.45, 2.75) is 13.5 Å². The van der Waals surface area contributed by atoms with Gasteiger partial charge < -0.3 is 0 Å². The van der Waals surface area contributed by atoms with Crippen LogP contribution in [-0.2, 0) is 13.6 Å². The molecule has 0 unspecified atom stereocenters. The summed E-state index contributed by atoms with van der Waals surface area (Å²) in [6, 6.07) is 9.59. The minimum Gasteiger partial charge on any atom is -0.299 e. The molecule has 2 aromatic heterocycles. The van der Waals surface area contributed by atoms with E-state index in [1.165, 1.54) is 4.57 Å². The lowest BCUT2D eigenvalue weighted by atomic mass is 10.2. The number of fused-ring (bicyclic) bond motifs is 1. The number of hydrazone groups is 1. The highest BCUT2D eigenvalue weighted by Gasteiger charge is 2.16. The number of aromatic nitrogens is 4. The molecule has 0 aliphatic carbocycles. The number of hydrogen-bond acceptors (Lipinski definition) is 5. The lowest BCUT2D eigenvalue weighted by molar-refractivity contribution is 0.818. The van der Waals surface area contributed by atoms with E-state index in [1.54, 1.807) is 17.8 Å². The van der Waals surface area contributed by atoms with Crippen molar-refractivity contribution in [2.24, 2.45) is 12.1 Å². The zero-order valence-corrected chi connectivity index (χ0v) is 13.9. The lowest BCUT2D eigenvalue weighted by Crippen LogP contribution is -2.29. The molecule has 128 valence electrons. The van der Waals surface area contributed by atoms with Crippen LogP contribution in [0.4, 0.5) is 5.95 Å². The molecule has 0 saturated heterocycles. The number of imidazole rings is 1. The summed E-state index contributed by atoms with van der Waals surface area (Å²) in [6.45, 7) is 2.32. The van der Waals surface area contributed by atoms with Crippen LogP contribution in [0.5, 0.6) is 0 Å². The molecule has 3 aromatic rings. The number of allylic oxidation sites excluding steroid dienone is 2. The fourth-order valence-corrected chi connectivity index (χ4v) is 2.41. The van der Waals surface area contributed by atoms with Gasteiger partial charge in [-0.3, -0.25) is 18.9 Å². The van der Waals surface area contributed by atoms with E-state index in [0.29, 0.717) is 23.7 Å². The molecule has 0 saturated carbocycles. The third-order valence-electron chi connectivity index (χ3n) is 3.71. The predicted molar refractivity (Wildman–Crippen MR) is 98.1 cm³/mol. The average molecular weight is 338 g/mol. The van der Waals surface area contributed by atoms with Crippen molar-refractivity contribution < 1.29 is 0 Å². The highest BCUT2D eigenvalue weighted by molar-refractivity contribution is 5.80. The first-order valence-electron chi connectivity index (χ1n) is 7.76. The molecule has 0 fully saturated rings. The van der Waals surface area contributed by atoms with Gasteiger partial charge in [0.2, 0.25) is 5.95 Å². The molecule has 0 spiro atoms. The summed E-state index contributed by atoms with van der Waals surface area (Å²) in [5.41, 5.74) is 3.42. The van der Waals surface area contributed by atoms with Gasteiger partial charge in [0.25, 0.3) is 5.56 Å². The molecule has 0 amide bonds. The Morgan fingerprint density at radius 3 is 2.76 bits per heavy atom. The Balaban J connectivity index is 2.06. The van der Waals surface area contributed by atoms with Gasteiger partial charge in [0.15, 0.2) is 11.2 Å². The molecule has 2 N–H and O–H groups in total. The molecule has 0 aliphatic heterocycles. The summed E-state index contributed by atoms with van der Waals surface area (Å²) >= 11 is 0. The molecule has 1 aromatic carbocycles. The maximum absolute atomic E-state index is 12.2. The topological polar surface area (TPSA) is 97.1 Å². The maximum atomic E-state index is 12.2. The van der Waals surface area contributed by atoms with Crippen LogP contribution in [-0.4, -0.2) is 25.3 Å². The van der Waals surface area contributed by atoms with Crippen molar-refractivity contribution >= 4 is 23.3 Å². The largest absolute Gasteiger partial charge is 0.329 e. The molecular formula is C17H18N6O2. The van der Waals surface area contributed by atoms with Crippen molar-refractivity contribution in [3.05, 3.63) is 68.9 Å². The SMILES string of the molecule is C/C=C/Cn1c(N/N=C/c2ccccc2)nc2c1c(=O)[nH]c(=O)n2C. The quantitative estimate of drug-likeness (QED) is 0.418. The zero-order chi connectivity index (χ0) is 17.8. The molecule has 3 rings (SSSR count). The minimum atomic E-state index is -0.507. The molecule has 8 nitrogen and oxygen atoms in total. The van der Waals surface area contributed by atoms with Gasteiger partial charge in [0, 0.05) is 13.6 Å². The molecule has 25 heavy (non-hydrogen) atoms. The fourth-order valence-electron chi connectivity index (χ4n) is 2.41. The normalized spacial score (nSPS) is 11.8. The number of rotatable bonds is 5. The highest BCUT2D eigenvalue weighted by Crippen LogP contribution is 2.15. The Morgan fingerprint density at radius 2 is 2.04 bits per heavy atom. The van der Waals surface area contributed by atoms with Gasteiger partial charge in [-0.1, -0.05) is 42.5 Å². The van der Waals surface area contributed by atoms with E-state index in [4.69, 9.17) is 0 Å². The summed E-state index contributed by atoms with van der Waals surface area (Å²) in [6.07, 6.45) is 5.42. The van der Waals surface area contributed by atoms with Crippen molar-refractivity contribution in [2.75, 3.05) is 5.43 Å². The third-order valence-corrected chi connectivity index (χ3v) is 3.71. The fraction of sp³-hybridized carbons (Fsp3) is 0.176. The van der Waals surface area contributed by atoms with Crippen LogP contribution in [0.2, 0.25) is 0 Å². The Morgan fingerprint density at radius 1 is 1.28 bits per heavy atom. The van der Waals surface area contributed by atoms with Crippen molar-refractivity contribution in [3.8, 4) is 0 Å². The third kappa shape index (κ3) is 3.27. The monoisotopic (exact) mass is 338 g/mol. The zero-order valence-electron chi connectivity index (χ0n) is 13.9. The Bertz CT molecular complexity index is 1060. The van der Waals surface area contributed by atoms with Crippen molar-refractivity contribution in [1.82, 2.24) is 19.1 Å². The van der Waals surface area contributed by atoms with Crippen molar-refractivity contribution in [3.63, 3.8) is 0 Å². The van der Waals surface area contributed by atoms with Crippen LogP contribution in [0.25, 0.3) is 11.2 Å². The molecular weight excluding hydrogens is 320 g/mol. The first kappa shape index (κ1) is 16.4. The molecule has 0 aliphatic rings. The number of benzene rings is 1. The van der Waals surface area contributed by atoms with Crippen LogP contribution in [0, 0.1) is 0 Å². The van der Waals surface area contributed by atoms with Crippen LogP contribution in [0.15, 0.2) is 57.2 Å². The first-order chi connectivity index (χ1) is 12.1. The number of aromatic amines is 1. The van der Waals surface area contributed by atoms with Crippen LogP contribution >= 0.6 is 0 Å². The number of aryl methyl sites for hydroxylation is 1. The average Bonchev–Trinajstić information content (AvgIpc) is 2.98. The summed E-state index contributed by atoms with van der Waals surface area (Å²) in [4.78, 5) is 30.7. The molecule has 0 atom stereocenters. The summed E-state index contributed by atoms with van der Waals surface area (Å²) in [7, 11) is 1.56. The summed E-state index contributed by atoms with van der Waals surface area (Å²) in [5, 5.41) is 4.18. The predicted octanol–water partition coefficient (Wildman–Crippen LogP) is 1.45. The Kier molecular flexibility index (Phi) is 4.60. The molecule has 0 radical (unpaired) electrons. The van der Waals surface area contributed by atoms with E-state index in [0.717, 1.165) is 5.56 Å². The van der Waals surface area contributed by atoms with Gasteiger partial charge in [-0.2, -0.15) is 10.1 Å². The Labute approximate surface area is 143 Å². The molecule has 8 heteroatoms. The van der Waals surface area contributed by atoms with Crippen molar-refractivity contribution in [1.29, 1.82) is 0 Å². The maximum Gasteiger partial charge on any atom is 0.329 e. The number of H-pyrrole nitrogens is 1. The smallest absolute Gasteiger partial charge is 0.299 e. The second-order valence-electron chi connectivity index (χ2n) is 5.39. The second-order valence-corrected chi connectivity index (χ2v) is 5.39. The lowest BCUT2D eigenvalue weighted by Gasteiger charge is -2.04. The van der Waals surface area contributed by atoms with E-state index in [9.17, 15) is 9.59 Å². The van der Waals surface area contributed by atoms with Crippen LogP contribution in [0.1, 0.15) is 12.5 Å². The molecule has 0 bridgehead atoms. The summed E-state index contributed by atoms with van der Waals surface area (Å²) in [5.74, 6) is 0.381. The van der Waals surface area contributed by atoms with Gasteiger partial charge in [0.1, 0.15) is 0 Å². The number of hydrogen-bond donors (Lipinski definition) is 2. The van der Waals surface area contributed by atoms with Gasteiger partial charge in [-0.05, 0) is 12.5 Å². The van der Waals surface area contributed by atoms with E-state index in [2.05, 4.69) is 20.5 Å². The standard InChI is InChI=1S/C17H18N6O2/c1-3-4-10-23-13-14(22(2)17(25)20-15(13)24)19-16(23)21-18-11-12-8-6-5-7-9-12/h3-9,11H,10H2,1-2H3,(H,19,21)(H,20,24,25)/b4-3+,18-11+. The van der Waals surface area contributed by atoms with Gasteiger partial charge in [-0.25, -0.2) is 10.2 Å². The second kappa shape index (κ2) is 7.00. The van der Waals surface area contributed by atoms with E-state index in [1.807, 2.05) is 49.4 Å². The number of nitrogens with zero attached hydrogens (tertiary/aromatic N) is 4. The molecule has 2 heterocycles. The van der Waals surface area contributed by atoms with Gasteiger partial charge in [0.05, 0.1) is 6.21 Å².